The second kappa shape index (κ2) is 8.40. The van der Waals surface area contributed by atoms with E-state index < -0.39 is 0 Å². The number of rotatable bonds is 7. The summed E-state index contributed by atoms with van der Waals surface area (Å²) in [6.07, 6.45) is 4.66. The summed E-state index contributed by atoms with van der Waals surface area (Å²) in [7, 11) is 2.22. The first-order chi connectivity index (χ1) is 11.7. The fourth-order valence-electron chi connectivity index (χ4n) is 3.42. The highest BCUT2D eigenvalue weighted by Gasteiger charge is 2.14. The molecule has 0 radical (unpaired) electrons. The quantitative estimate of drug-likeness (QED) is 0.820. The zero-order valence-electron chi connectivity index (χ0n) is 14.4. The summed E-state index contributed by atoms with van der Waals surface area (Å²) >= 11 is 0. The second-order valence-electron chi connectivity index (χ2n) is 6.85. The Morgan fingerprint density at radius 3 is 2.88 bits per heavy atom. The van der Waals surface area contributed by atoms with Gasteiger partial charge in [0, 0.05) is 17.8 Å². The number of piperidine rings is 1. The van der Waals surface area contributed by atoms with Crippen molar-refractivity contribution in [2.24, 2.45) is 5.92 Å². The SMILES string of the molecule is CN(CCCc1cc(-c2cccc(F)c2)n[nH]1)CC1CCNCC1. The fraction of sp³-hybridized carbons (Fsp3) is 0.526. The Bertz CT molecular complexity index is 634. The number of nitrogens with one attached hydrogen (secondary N) is 2. The predicted octanol–water partition coefficient (Wildman–Crippen LogP) is 3.08. The van der Waals surface area contributed by atoms with Crippen LogP contribution in [0.25, 0.3) is 11.3 Å². The lowest BCUT2D eigenvalue weighted by Gasteiger charge is -2.27. The molecule has 1 fully saturated rings. The van der Waals surface area contributed by atoms with Gasteiger partial charge in [0.05, 0.1) is 5.69 Å². The van der Waals surface area contributed by atoms with Crippen LogP contribution in [0.3, 0.4) is 0 Å². The standard InChI is InChI=1S/C19H27FN4/c1-24(14-15-7-9-21-10-8-15)11-3-6-18-13-19(23-22-18)16-4-2-5-17(20)12-16/h2,4-5,12-13,15,21H,3,6-11,14H2,1H3,(H,22,23). The third-order valence-corrected chi connectivity index (χ3v) is 4.77. The molecule has 0 unspecified atom stereocenters. The van der Waals surface area contributed by atoms with Crippen molar-refractivity contribution in [3.05, 3.63) is 41.8 Å². The smallest absolute Gasteiger partial charge is 0.123 e. The summed E-state index contributed by atoms with van der Waals surface area (Å²) in [4.78, 5) is 2.44. The summed E-state index contributed by atoms with van der Waals surface area (Å²) in [5.74, 6) is 0.611. The van der Waals surface area contributed by atoms with Gasteiger partial charge in [0.15, 0.2) is 0 Å². The average molecular weight is 330 g/mol. The maximum Gasteiger partial charge on any atom is 0.123 e. The topological polar surface area (TPSA) is 44.0 Å². The first-order valence-electron chi connectivity index (χ1n) is 8.90. The number of aromatic amines is 1. The number of aromatic nitrogens is 2. The molecule has 0 atom stereocenters. The summed E-state index contributed by atoms with van der Waals surface area (Å²) < 4.78 is 13.3. The molecule has 4 nitrogen and oxygen atoms in total. The van der Waals surface area contributed by atoms with Crippen molar-refractivity contribution < 1.29 is 4.39 Å². The molecule has 5 heteroatoms. The third kappa shape index (κ3) is 4.89. The zero-order valence-corrected chi connectivity index (χ0v) is 14.4. The van der Waals surface area contributed by atoms with E-state index in [0.717, 1.165) is 55.3 Å². The van der Waals surface area contributed by atoms with E-state index >= 15 is 0 Å². The van der Waals surface area contributed by atoms with Gasteiger partial charge in [-0.1, -0.05) is 12.1 Å². The Balaban J connectivity index is 1.43. The molecule has 2 heterocycles. The summed E-state index contributed by atoms with van der Waals surface area (Å²) in [5.41, 5.74) is 2.75. The lowest BCUT2D eigenvalue weighted by Crippen LogP contribution is -2.35. The number of benzene rings is 1. The maximum absolute atomic E-state index is 13.3. The van der Waals surface area contributed by atoms with Gasteiger partial charge in [-0.25, -0.2) is 4.39 Å². The number of nitrogens with zero attached hydrogens (tertiary/aromatic N) is 2. The van der Waals surface area contributed by atoms with Crippen LogP contribution in [0.1, 0.15) is 25.0 Å². The normalized spacial score (nSPS) is 16.0. The van der Waals surface area contributed by atoms with Crippen molar-refractivity contribution >= 4 is 0 Å². The molecule has 1 saturated heterocycles. The van der Waals surface area contributed by atoms with Gasteiger partial charge < -0.3 is 10.2 Å². The Hall–Kier alpha value is -1.72. The molecule has 1 aromatic carbocycles. The Labute approximate surface area is 143 Å². The largest absolute Gasteiger partial charge is 0.317 e. The number of hydrogen-bond donors (Lipinski definition) is 2. The van der Waals surface area contributed by atoms with Crippen LogP contribution < -0.4 is 5.32 Å². The summed E-state index contributed by atoms with van der Waals surface area (Å²) in [5, 5.41) is 10.8. The Morgan fingerprint density at radius 2 is 2.08 bits per heavy atom. The van der Waals surface area contributed by atoms with E-state index in [0.29, 0.717) is 0 Å². The zero-order chi connectivity index (χ0) is 16.8. The number of halogens is 1. The van der Waals surface area contributed by atoms with Gasteiger partial charge >= 0.3 is 0 Å². The van der Waals surface area contributed by atoms with E-state index in [1.165, 1.54) is 31.5 Å². The van der Waals surface area contributed by atoms with Gasteiger partial charge in [-0.15, -0.1) is 0 Å². The molecule has 0 amide bonds. The van der Waals surface area contributed by atoms with Crippen LogP contribution in [0.2, 0.25) is 0 Å². The number of hydrogen-bond acceptors (Lipinski definition) is 3. The molecule has 1 aliphatic heterocycles. The molecule has 0 spiro atoms. The molecule has 0 saturated carbocycles. The van der Waals surface area contributed by atoms with E-state index in [2.05, 4.69) is 27.5 Å². The van der Waals surface area contributed by atoms with Crippen molar-refractivity contribution in [2.45, 2.75) is 25.7 Å². The summed E-state index contributed by atoms with van der Waals surface area (Å²) in [6.45, 7) is 4.61. The van der Waals surface area contributed by atoms with E-state index in [1.807, 2.05) is 12.1 Å². The van der Waals surface area contributed by atoms with Crippen molar-refractivity contribution in [1.29, 1.82) is 0 Å². The minimum Gasteiger partial charge on any atom is -0.317 e. The van der Waals surface area contributed by atoms with Crippen LogP contribution in [0, 0.1) is 11.7 Å². The molecule has 2 N–H and O–H groups in total. The minimum absolute atomic E-state index is 0.225. The first kappa shape index (κ1) is 17.1. The highest BCUT2D eigenvalue weighted by Crippen LogP contribution is 2.19. The highest BCUT2D eigenvalue weighted by atomic mass is 19.1. The molecule has 2 aromatic rings. The van der Waals surface area contributed by atoms with Gasteiger partial charge in [0.25, 0.3) is 0 Å². The lowest BCUT2D eigenvalue weighted by molar-refractivity contribution is 0.238. The van der Waals surface area contributed by atoms with Crippen molar-refractivity contribution in [3.8, 4) is 11.3 Å². The molecule has 130 valence electrons. The second-order valence-corrected chi connectivity index (χ2v) is 6.85. The average Bonchev–Trinajstić information content (AvgIpc) is 3.05. The van der Waals surface area contributed by atoms with Crippen LogP contribution in [-0.2, 0) is 6.42 Å². The van der Waals surface area contributed by atoms with Gasteiger partial charge in [-0.2, -0.15) is 5.10 Å². The van der Waals surface area contributed by atoms with Crippen molar-refractivity contribution in [1.82, 2.24) is 20.4 Å². The summed E-state index contributed by atoms with van der Waals surface area (Å²) in [6, 6.07) is 8.61. The van der Waals surface area contributed by atoms with E-state index in [4.69, 9.17) is 0 Å². The maximum atomic E-state index is 13.3. The van der Waals surface area contributed by atoms with Gasteiger partial charge in [0.1, 0.15) is 5.82 Å². The van der Waals surface area contributed by atoms with Crippen LogP contribution in [-0.4, -0.2) is 48.3 Å². The molecular formula is C19H27FN4. The van der Waals surface area contributed by atoms with E-state index in [-0.39, 0.29) is 5.82 Å². The van der Waals surface area contributed by atoms with Gasteiger partial charge in [-0.05, 0) is 76.5 Å². The Kier molecular flexibility index (Phi) is 5.99. The van der Waals surface area contributed by atoms with E-state index in [9.17, 15) is 4.39 Å². The van der Waals surface area contributed by atoms with Crippen molar-refractivity contribution in [2.75, 3.05) is 33.2 Å². The molecule has 0 bridgehead atoms. The highest BCUT2D eigenvalue weighted by molar-refractivity contribution is 5.59. The van der Waals surface area contributed by atoms with Crippen LogP contribution in [0.4, 0.5) is 4.39 Å². The molecule has 1 aliphatic rings. The fourth-order valence-corrected chi connectivity index (χ4v) is 3.42. The van der Waals surface area contributed by atoms with Gasteiger partial charge in [-0.3, -0.25) is 5.10 Å². The third-order valence-electron chi connectivity index (χ3n) is 4.77. The Morgan fingerprint density at radius 1 is 1.25 bits per heavy atom. The minimum atomic E-state index is -0.225. The molecular weight excluding hydrogens is 303 g/mol. The van der Waals surface area contributed by atoms with Gasteiger partial charge in [0.2, 0.25) is 0 Å². The molecule has 0 aliphatic carbocycles. The molecule has 1 aromatic heterocycles. The first-order valence-corrected chi connectivity index (χ1v) is 8.90. The molecule has 24 heavy (non-hydrogen) atoms. The lowest BCUT2D eigenvalue weighted by atomic mass is 9.97. The van der Waals surface area contributed by atoms with E-state index in [1.54, 1.807) is 6.07 Å². The monoisotopic (exact) mass is 330 g/mol. The van der Waals surface area contributed by atoms with Crippen molar-refractivity contribution in [3.63, 3.8) is 0 Å². The van der Waals surface area contributed by atoms with Crippen LogP contribution in [0.15, 0.2) is 30.3 Å². The van der Waals surface area contributed by atoms with Crippen LogP contribution >= 0.6 is 0 Å². The number of H-pyrrole nitrogens is 1. The van der Waals surface area contributed by atoms with Crippen LogP contribution in [0.5, 0.6) is 0 Å². The predicted molar refractivity (Wildman–Crippen MR) is 95.4 cm³/mol. The molecule has 3 rings (SSSR count). The number of aryl methyl sites for hydroxylation is 1.